The van der Waals surface area contributed by atoms with Gasteiger partial charge >= 0.3 is 0 Å². The van der Waals surface area contributed by atoms with Gasteiger partial charge in [-0.1, -0.05) is 12.6 Å². The lowest BCUT2D eigenvalue weighted by atomic mass is 9.94. The van der Waals surface area contributed by atoms with Crippen molar-refractivity contribution >= 4 is 11.6 Å². The number of allylic oxidation sites excluding steroid dienone is 1. The molecule has 184 valence electrons. The molecule has 4 N–H and O–H groups in total. The summed E-state index contributed by atoms with van der Waals surface area (Å²) in [4.78, 5) is 29.9. The van der Waals surface area contributed by atoms with Crippen molar-refractivity contribution in [2.75, 3.05) is 45.8 Å². The molecule has 2 fully saturated rings. The van der Waals surface area contributed by atoms with Crippen molar-refractivity contribution in [2.24, 2.45) is 17.4 Å². The van der Waals surface area contributed by atoms with Crippen LogP contribution < -0.4 is 11.5 Å². The van der Waals surface area contributed by atoms with Crippen LogP contribution in [0.4, 0.5) is 10.1 Å². The Kier molecular flexibility index (Phi) is 8.78. The molecule has 0 saturated carbocycles. The van der Waals surface area contributed by atoms with Crippen LogP contribution in [-0.2, 0) is 11.3 Å². The molecule has 2 heterocycles. The molecule has 0 aromatic heterocycles. The Morgan fingerprint density at radius 1 is 1.18 bits per heavy atom. The maximum absolute atomic E-state index is 14.2. The van der Waals surface area contributed by atoms with Crippen LogP contribution in [0.2, 0.25) is 0 Å². The third kappa shape index (κ3) is 6.64. The number of nitro groups is 1. The average molecular weight is 473 g/mol. The summed E-state index contributed by atoms with van der Waals surface area (Å²) >= 11 is 0. The highest BCUT2D eigenvalue weighted by atomic mass is 19.1. The van der Waals surface area contributed by atoms with Crippen molar-refractivity contribution in [3.8, 4) is 0 Å². The summed E-state index contributed by atoms with van der Waals surface area (Å²) in [5.41, 5.74) is 12.5. The van der Waals surface area contributed by atoms with Gasteiger partial charge in [0.15, 0.2) is 0 Å². The molecule has 0 unspecified atom stereocenters. The maximum atomic E-state index is 14.2. The highest BCUT2D eigenvalue weighted by Crippen LogP contribution is 2.25. The van der Waals surface area contributed by atoms with Crippen LogP contribution in [0, 0.1) is 21.8 Å². The number of likely N-dealkylation sites (tertiary alicyclic amines) is 1. The van der Waals surface area contributed by atoms with Crippen LogP contribution in [0.15, 0.2) is 54.4 Å². The third-order valence-corrected chi connectivity index (χ3v) is 6.38. The Morgan fingerprint density at radius 2 is 1.85 bits per heavy atom. The number of piperazine rings is 1. The Hall–Kier alpha value is -3.24. The summed E-state index contributed by atoms with van der Waals surface area (Å²) in [6, 6.07) is 3.91. The van der Waals surface area contributed by atoms with E-state index >= 15 is 0 Å². The second-order valence-corrected chi connectivity index (χ2v) is 8.80. The second-order valence-electron chi connectivity index (χ2n) is 8.80. The van der Waals surface area contributed by atoms with Crippen molar-refractivity contribution in [3.63, 3.8) is 0 Å². The minimum Gasteiger partial charge on any atom is -0.405 e. The van der Waals surface area contributed by atoms with E-state index in [4.69, 9.17) is 11.5 Å². The molecule has 34 heavy (non-hydrogen) atoms. The summed E-state index contributed by atoms with van der Waals surface area (Å²) in [7, 11) is 0. The highest BCUT2D eigenvalue weighted by molar-refractivity contribution is 5.79. The predicted molar refractivity (Wildman–Crippen MR) is 129 cm³/mol. The molecule has 0 bridgehead atoms. The fourth-order valence-electron chi connectivity index (χ4n) is 4.59. The van der Waals surface area contributed by atoms with E-state index in [0.717, 1.165) is 31.5 Å². The van der Waals surface area contributed by atoms with E-state index in [1.54, 1.807) is 6.08 Å². The van der Waals surface area contributed by atoms with Crippen LogP contribution in [0.5, 0.6) is 0 Å². The summed E-state index contributed by atoms with van der Waals surface area (Å²) < 4.78 is 14.2. The van der Waals surface area contributed by atoms with Crippen LogP contribution in [-0.4, -0.2) is 71.3 Å². The van der Waals surface area contributed by atoms with Gasteiger partial charge in [0.05, 0.1) is 10.5 Å². The largest absolute Gasteiger partial charge is 0.405 e. The van der Waals surface area contributed by atoms with Crippen LogP contribution in [0.25, 0.3) is 0 Å². The van der Waals surface area contributed by atoms with Gasteiger partial charge in [0.2, 0.25) is 5.91 Å². The summed E-state index contributed by atoms with van der Waals surface area (Å²) in [5.74, 6) is -0.434. The Bertz CT molecular complexity index is 963. The molecule has 0 radical (unpaired) electrons. The first-order valence-corrected chi connectivity index (χ1v) is 11.5. The van der Waals surface area contributed by atoms with Crippen LogP contribution in [0.1, 0.15) is 18.4 Å². The van der Waals surface area contributed by atoms with E-state index in [9.17, 15) is 19.3 Å². The lowest BCUT2D eigenvalue weighted by Crippen LogP contribution is -2.51. The number of hydrogen-bond acceptors (Lipinski definition) is 7. The molecule has 0 spiro atoms. The number of hydrogen-bond donors (Lipinski definition) is 2. The molecule has 2 saturated heterocycles. The highest BCUT2D eigenvalue weighted by Gasteiger charge is 2.31. The number of nitrogens with two attached hydrogens (primary N) is 2. The van der Waals surface area contributed by atoms with Crippen molar-refractivity contribution in [1.29, 1.82) is 0 Å². The molecule has 1 aromatic rings. The zero-order valence-electron chi connectivity index (χ0n) is 19.4. The number of benzene rings is 1. The van der Waals surface area contributed by atoms with Crippen molar-refractivity contribution in [2.45, 2.75) is 19.4 Å². The van der Waals surface area contributed by atoms with Gasteiger partial charge < -0.3 is 16.4 Å². The molecule has 0 atom stereocenters. The first-order chi connectivity index (χ1) is 16.3. The van der Waals surface area contributed by atoms with E-state index in [-0.39, 0.29) is 29.6 Å². The van der Waals surface area contributed by atoms with Gasteiger partial charge in [0.25, 0.3) is 5.69 Å². The smallest absolute Gasteiger partial charge is 0.276 e. The lowest BCUT2D eigenvalue weighted by molar-refractivity contribution is -0.386. The summed E-state index contributed by atoms with van der Waals surface area (Å²) in [6.45, 7) is 8.36. The number of carbonyl (C=O) groups is 1. The average Bonchev–Trinajstić information content (AvgIpc) is 2.80. The quantitative estimate of drug-likeness (QED) is 0.337. The monoisotopic (exact) mass is 472 g/mol. The topological polar surface area (TPSA) is 122 Å². The number of rotatable bonds is 8. The van der Waals surface area contributed by atoms with Crippen LogP contribution in [0.3, 0.4) is 0 Å². The van der Waals surface area contributed by atoms with Crippen LogP contribution >= 0.6 is 0 Å². The third-order valence-electron chi connectivity index (χ3n) is 6.38. The molecule has 10 heteroatoms. The summed E-state index contributed by atoms with van der Waals surface area (Å²) in [6.07, 6.45) is 6.66. The molecule has 0 aliphatic carbocycles. The van der Waals surface area contributed by atoms with Crippen molar-refractivity contribution < 1.29 is 14.1 Å². The number of piperidine rings is 1. The minimum atomic E-state index is -0.574. The van der Waals surface area contributed by atoms with Gasteiger partial charge in [-0.2, -0.15) is 0 Å². The zero-order valence-corrected chi connectivity index (χ0v) is 19.4. The van der Waals surface area contributed by atoms with E-state index in [2.05, 4.69) is 11.5 Å². The summed E-state index contributed by atoms with van der Waals surface area (Å²) in [5, 5.41) is 11.2. The van der Waals surface area contributed by atoms with E-state index < -0.39 is 10.7 Å². The second kappa shape index (κ2) is 11.8. The van der Waals surface area contributed by atoms with Gasteiger partial charge in [0, 0.05) is 56.9 Å². The Labute approximate surface area is 199 Å². The molecule has 3 rings (SSSR count). The fourth-order valence-corrected chi connectivity index (χ4v) is 4.59. The SMILES string of the molecule is C=C(N)/C=C(\C=C/N)CN1CCC(C(=O)N2CCN(Cc3c(F)cccc3[N+](=O)[O-])CC2)CC1. The predicted octanol–water partition coefficient (Wildman–Crippen LogP) is 1.96. The molecule has 9 nitrogen and oxygen atoms in total. The standard InChI is InChI=1S/C24H33FN6O3/c1-18(27)15-19(5-8-26)16-28-9-6-20(7-10-28)24(32)30-13-11-29(12-14-30)17-21-22(25)3-2-4-23(21)31(33)34/h2-5,8,15,20H,1,6-7,9-14,16-17,26-27H2/b8-5-,19-15+. The number of carbonyl (C=O) groups excluding carboxylic acids is 1. The number of amides is 1. The fraction of sp³-hybridized carbons (Fsp3) is 0.458. The van der Waals surface area contributed by atoms with E-state index in [1.165, 1.54) is 24.4 Å². The van der Waals surface area contributed by atoms with E-state index in [0.29, 0.717) is 38.4 Å². The lowest BCUT2D eigenvalue weighted by Gasteiger charge is -2.38. The van der Waals surface area contributed by atoms with Crippen molar-refractivity contribution in [3.05, 3.63) is 75.9 Å². The molecule has 1 amide bonds. The molecule has 1 aromatic carbocycles. The Morgan fingerprint density at radius 3 is 2.44 bits per heavy atom. The Balaban J connectivity index is 1.49. The zero-order chi connectivity index (χ0) is 24.7. The number of nitro benzene ring substituents is 1. The van der Waals surface area contributed by atoms with Gasteiger partial charge in [-0.3, -0.25) is 24.7 Å². The maximum Gasteiger partial charge on any atom is 0.276 e. The first-order valence-electron chi connectivity index (χ1n) is 11.5. The number of nitrogens with zero attached hydrogens (tertiary/aromatic N) is 4. The van der Waals surface area contributed by atoms with E-state index in [1.807, 2.05) is 15.9 Å². The van der Waals surface area contributed by atoms with Gasteiger partial charge in [-0.05, 0) is 55.9 Å². The number of halogens is 1. The molecule has 2 aliphatic rings. The minimum absolute atomic E-state index is 0.0163. The molecular formula is C24H33FN6O3. The first kappa shape index (κ1) is 25.4. The molecule has 2 aliphatic heterocycles. The van der Waals surface area contributed by atoms with Gasteiger partial charge in [-0.15, -0.1) is 0 Å². The van der Waals surface area contributed by atoms with Gasteiger partial charge in [-0.25, -0.2) is 4.39 Å². The van der Waals surface area contributed by atoms with Gasteiger partial charge in [0.1, 0.15) is 5.82 Å². The molecular weight excluding hydrogens is 439 g/mol. The van der Waals surface area contributed by atoms with Crippen molar-refractivity contribution in [1.82, 2.24) is 14.7 Å². The normalized spacial score (nSPS) is 19.0.